The molecular formula is C13H14FNO4. The molecule has 0 aliphatic carbocycles. The molecule has 0 aromatic heterocycles. The zero-order chi connectivity index (χ0) is 13.9. The van der Waals surface area contributed by atoms with Gasteiger partial charge >= 0.3 is 5.97 Å². The van der Waals surface area contributed by atoms with Crippen LogP contribution in [-0.2, 0) is 9.53 Å². The molecule has 1 aliphatic rings. The van der Waals surface area contributed by atoms with Crippen LogP contribution < -0.4 is 5.32 Å². The summed E-state index contributed by atoms with van der Waals surface area (Å²) < 4.78 is 18.2. The van der Waals surface area contributed by atoms with E-state index in [1.54, 1.807) is 0 Å². The van der Waals surface area contributed by atoms with Gasteiger partial charge in [-0.25, -0.2) is 9.18 Å². The predicted octanol–water partition coefficient (Wildman–Crippen LogP) is 1.19. The minimum atomic E-state index is -1.33. The summed E-state index contributed by atoms with van der Waals surface area (Å²) in [6.07, 6.45) is 0.396. The molecule has 0 atom stereocenters. The lowest BCUT2D eigenvalue weighted by Crippen LogP contribution is -2.57. The number of nitrogens with one attached hydrogen (secondary N) is 1. The fourth-order valence-electron chi connectivity index (χ4n) is 2.03. The fourth-order valence-corrected chi connectivity index (χ4v) is 2.03. The zero-order valence-electron chi connectivity index (χ0n) is 10.2. The van der Waals surface area contributed by atoms with Crippen molar-refractivity contribution in [2.24, 2.45) is 0 Å². The summed E-state index contributed by atoms with van der Waals surface area (Å²) in [6, 6.07) is 5.14. The first-order valence-electron chi connectivity index (χ1n) is 5.93. The van der Waals surface area contributed by atoms with Gasteiger partial charge in [-0.2, -0.15) is 0 Å². The summed E-state index contributed by atoms with van der Waals surface area (Å²) in [7, 11) is 0. The Morgan fingerprint density at radius 1 is 1.32 bits per heavy atom. The first-order valence-corrected chi connectivity index (χ1v) is 5.93. The molecule has 19 heavy (non-hydrogen) atoms. The van der Waals surface area contributed by atoms with Crippen LogP contribution in [-0.4, -0.2) is 35.7 Å². The fraction of sp³-hybridized carbons (Fsp3) is 0.385. The van der Waals surface area contributed by atoms with Crippen molar-refractivity contribution in [1.82, 2.24) is 5.32 Å². The number of halogens is 1. The van der Waals surface area contributed by atoms with Crippen molar-refractivity contribution >= 4 is 11.9 Å². The molecule has 1 heterocycles. The van der Waals surface area contributed by atoms with Gasteiger partial charge in [-0.1, -0.05) is 6.07 Å². The van der Waals surface area contributed by atoms with Gasteiger partial charge in [0.2, 0.25) is 0 Å². The predicted molar refractivity (Wildman–Crippen MR) is 64.3 cm³/mol. The average Bonchev–Trinajstić information content (AvgIpc) is 2.39. The molecule has 102 valence electrons. The molecule has 1 aliphatic heterocycles. The standard InChI is InChI=1S/C13H14FNO4/c14-10-3-1-2-9(8-10)11(16)15-13(12(17)18)4-6-19-7-5-13/h1-3,8H,4-7H2,(H,15,16)(H,17,18). The maximum atomic E-state index is 13.0. The van der Waals surface area contributed by atoms with Gasteiger partial charge in [0, 0.05) is 31.6 Å². The molecule has 0 saturated carbocycles. The van der Waals surface area contributed by atoms with Gasteiger partial charge < -0.3 is 15.2 Å². The Hall–Kier alpha value is -1.95. The lowest BCUT2D eigenvalue weighted by Gasteiger charge is -2.33. The van der Waals surface area contributed by atoms with E-state index in [-0.39, 0.29) is 31.6 Å². The SMILES string of the molecule is O=C(NC1(C(=O)O)CCOCC1)c1cccc(F)c1. The number of carboxylic acids is 1. The molecule has 0 unspecified atom stereocenters. The van der Waals surface area contributed by atoms with Crippen LogP contribution in [0.15, 0.2) is 24.3 Å². The average molecular weight is 267 g/mol. The summed E-state index contributed by atoms with van der Waals surface area (Å²) in [5, 5.41) is 11.8. The highest BCUT2D eigenvalue weighted by atomic mass is 19.1. The van der Waals surface area contributed by atoms with E-state index >= 15 is 0 Å². The van der Waals surface area contributed by atoms with Crippen LogP contribution in [0.1, 0.15) is 23.2 Å². The maximum absolute atomic E-state index is 13.0. The number of hydrogen-bond donors (Lipinski definition) is 2. The van der Waals surface area contributed by atoms with Gasteiger partial charge in [-0.15, -0.1) is 0 Å². The highest BCUT2D eigenvalue weighted by molar-refractivity contribution is 5.97. The van der Waals surface area contributed by atoms with E-state index in [9.17, 15) is 19.1 Å². The quantitative estimate of drug-likeness (QED) is 0.862. The number of aliphatic carboxylic acids is 1. The summed E-state index contributed by atoms with van der Waals surface area (Å²) in [5.41, 5.74) is -1.23. The van der Waals surface area contributed by atoms with Gasteiger partial charge in [-0.3, -0.25) is 4.79 Å². The first kappa shape index (κ1) is 13.5. The highest BCUT2D eigenvalue weighted by Crippen LogP contribution is 2.21. The number of hydrogen-bond acceptors (Lipinski definition) is 3. The number of carbonyl (C=O) groups excluding carboxylic acids is 1. The normalized spacial score (nSPS) is 17.7. The molecule has 1 saturated heterocycles. The maximum Gasteiger partial charge on any atom is 0.329 e. The summed E-state index contributed by atoms with van der Waals surface area (Å²) in [5.74, 6) is -2.23. The van der Waals surface area contributed by atoms with E-state index in [2.05, 4.69) is 5.32 Å². The van der Waals surface area contributed by atoms with Crippen molar-refractivity contribution in [2.45, 2.75) is 18.4 Å². The summed E-state index contributed by atoms with van der Waals surface area (Å²) in [4.78, 5) is 23.4. The Balaban J connectivity index is 2.18. The summed E-state index contributed by atoms with van der Waals surface area (Å²) in [6.45, 7) is 0.547. The highest BCUT2D eigenvalue weighted by Gasteiger charge is 2.41. The van der Waals surface area contributed by atoms with E-state index in [4.69, 9.17) is 4.74 Å². The van der Waals surface area contributed by atoms with Crippen LogP contribution >= 0.6 is 0 Å². The Bertz CT molecular complexity index is 497. The number of carbonyl (C=O) groups is 2. The molecule has 0 bridgehead atoms. The second-order valence-corrected chi connectivity index (χ2v) is 4.46. The van der Waals surface area contributed by atoms with E-state index in [1.807, 2.05) is 0 Å². The molecule has 1 fully saturated rings. The summed E-state index contributed by atoms with van der Waals surface area (Å²) >= 11 is 0. The molecule has 0 spiro atoms. The van der Waals surface area contributed by atoms with Crippen molar-refractivity contribution in [3.63, 3.8) is 0 Å². The van der Waals surface area contributed by atoms with Gasteiger partial charge in [0.05, 0.1) is 0 Å². The number of ether oxygens (including phenoxy) is 1. The number of rotatable bonds is 3. The second kappa shape index (κ2) is 5.36. The van der Waals surface area contributed by atoms with Crippen molar-refractivity contribution in [1.29, 1.82) is 0 Å². The van der Waals surface area contributed by atoms with E-state index in [0.29, 0.717) is 0 Å². The molecule has 1 aromatic carbocycles. The van der Waals surface area contributed by atoms with Gasteiger partial charge in [0.25, 0.3) is 5.91 Å². The van der Waals surface area contributed by atoms with Crippen LogP contribution in [0.4, 0.5) is 4.39 Å². The molecule has 1 amide bonds. The Labute approximate surface area is 109 Å². The molecule has 2 rings (SSSR count). The van der Waals surface area contributed by atoms with Crippen LogP contribution in [0.2, 0.25) is 0 Å². The molecule has 5 nitrogen and oxygen atoms in total. The van der Waals surface area contributed by atoms with Crippen LogP contribution in [0.3, 0.4) is 0 Å². The topological polar surface area (TPSA) is 75.6 Å². The molecule has 2 N–H and O–H groups in total. The first-order chi connectivity index (χ1) is 9.03. The van der Waals surface area contributed by atoms with Crippen LogP contribution in [0.5, 0.6) is 0 Å². The van der Waals surface area contributed by atoms with Gasteiger partial charge in [0.1, 0.15) is 11.4 Å². The minimum Gasteiger partial charge on any atom is -0.480 e. The van der Waals surface area contributed by atoms with Crippen molar-refractivity contribution in [2.75, 3.05) is 13.2 Å². The van der Waals surface area contributed by atoms with Crippen molar-refractivity contribution < 1.29 is 23.8 Å². The lowest BCUT2D eigenvalue weighted by molar-refractivity contribution is -0.148. The molecule has 0 radical (unpaired) electrons. The Kier molecular flexibility index (Phi) is 3.80. The minimum absolute atomic E-state index is 0.104. The van der Waals surface area contributed by atoms with Crippen LogP contribution in [0, 0.1) is 5.82 Å². The van der Waals surface area contributed by atoms with Crippen LogP contribution in [0.25, 0.3) is 0 Å². The lowest BCUT2D eigenvalue weighted by atomic mass is 9.89. The Morgan fingerprint density at radius 2 is 2.00 bits per heavy atom. The van der Waals surface area contributed by atoms with Crippen molar-refractivity contribution in [3.05, 3.63) is 35.6 Å². The van der Waals surface area contributed by atoms with E-state index < -0.39 is 23.2 Å². The zero-order valence-corrected chi connectivity index (χ0v) is 10.2. The van der Waals surface area contributed by atoms with Gasteiger partial charge in [0.15, 0.2) is 0 Å². The molecule has 1 aromatic rings. The number of carboxylic acid groups (broad SMARTS) is 1. The van der Waals surface area contributed by atoms with Gasteiger partial charge in [-0.05, 0) is 18.2 Å². The molecule has 6 heteroatoms. The second-order valence-electron chi connectivity index (χ2n) is 4.46. The van der Waals surface area contributed by atoms with Crippen molar-refractivity contribution in [3.8, 4) is 0 Å². The number of benzene rings is 1. The number of amides is 1. The van der Waals surface area contributed by atoms with E-state index in [1.165, 1.54) is 18.2 Å². The Morgan fingerprint density at radius 3 is 2.58 bits per heavy atom. The van der Waals surface area contributed by atoms with E-state index in [0.717, 1.165) is 6.07 Å². The largest absolute Gasteiger partial charge is 0.480 e. The third-order valence-electron chi connectivity index (χ3n) is 3.20. The monoisotopic (exact) mass is 267 g/mol. The third-order valence-corrected chi connectivity index (χ3v) is 3.20. The molecular weight excluding hydrogens is 253 g/mol. The third kappa shape index (κ3) is 2.90. The smallest absolute Gasteiger partial charge is 0.329 e.